The number of thioether (sulfide) groups is 1. The summed E-state index contributed by atoms with van der Waals surface area (Å²) in [5, 5.41) is 12.4. The molecule has 1 aromatic heterocycles. The third kappa shape index (κ3) is 4.67. The highest BCUT2D eigenvalue weighted by Crippen LogP contribution is 2.41. The number of hydrogen-bond acceptors (Lipinski definition) is 5. The van der Waals surface area contributed by atoms with E-state index >= 15 is 0 Å². The fourth-order valence-electron chi connectivity index (χ4n) is 4.15. The Morgan fingerprint density at radius 2 is 1.69 bits per heavy atom. The van der Waals surface area contributed by atoms with E-state index in [-0.39, 0.29) is 11.2 Å². The number of carbonyl (C=O) groups is 1. The van der Waals surface area contributed by atoms with Crippen LogP contribution in [-0.2, 0) is 4.79 Å². The van der Waals surface area contributed by atoms with Crippen molar-refractivity contribution >= 4 is 29.0 Å². The fourth-order valence-corrected chi connectivity index (χ4v) is 5.02. The van der Waals surface area contributed by atoms with Gasteiger partial charge >= 0.3 is 0 Å². The molecule has 5 rings (SSSR count). The Kier molecular flexibility index (Phi) is 6.17. The van der Waals surface area contributed by atoms with Gasteiger partial charge in [-0.05, 0) is 75.4 Å². The van der Waals surface area contributed by atoms with Gasteiger partial charge in [0.25, 0.3) is 0 Å². The van der Waals surface area contributed by atoms with E-state index < -0.39 is 0 Å². The second-order valence-electron chi connectivity index (χ2n) is 8.63. The summed E-state index contributed by atoms with van der Waals surface area (Å²) in [6.45, 7) is 4.15. The van der Waals surface area contributed by atoms with E-state index in [2.05, 4.69) is 49.2 Å². The summed E-state index contributed by atoms with van der Waals surface area (Å²) in [6, 6.07) is 18.4. The number of anilines is 2. The number of rotatable bonds is 7. The molecule has 2 fully saturated rings. The Morgan fingerprint density at radius 1 is 0.969 bits per heavy atom. The third-order valence-electron chi connectivity index (χ3n) is 6.12. The predicted molar refractivity (Wildman–Crippen MR) is 130 cm³/mol. The number of para-hydroxylation sites is 1. The topological polar surface area (TPSA) is 63.1 Å². The SMILES string of the molecule is CC(Sc1nnc(C2CC2)n1-c1ccccc1)C(=O)Nc1ccc(N2CCCCC2)cc1. The van der Waals surface area contributed by atoms with Crippen LogP contribution in [0.4, 0.5) is 11.4 Å². The summed E-state index contributed by atoms with van der Waals surface area (Å²) in [5.41, 5.74) is 3.10. The van der Waals surface area contributed by atoms with Crippen molar-refractivity contribution < 1.29 is 4.79 Å². The predicted octanol–water partition coefficient (Wildman–Crippen LogP) is 5.25. The van der Waals surface area contributed by atoms with E-state index in [1.807, 2.05) is 37.3 Å². The fraction of sp³-hybridized carbons (Fsp3) is 0.400. The van der Waals surface area contributed by atoms with Gasteiger partial charge in [0, 0.05) is 36.1 Å². The summed E-state index contributed by atoms with van der Waals surface area (Å²) in [6.07, 6.45) is 6.13. The maximum atomic E-state index is 12.9. The van der Waals surface area contributed by atoms with Crippen LogP contribution in [-0.4, -0.2) is 39.0 Å². The largest absolute Gasteiger partial charge is 0.372 e. The lowest BCUT2D eigenvalue weighted by molar-refractivity contribution is -0.115. The van der Waals surface area contributed by atoms with Crippen molar-refractivity contribution in [2.75, 3.05) is 23.3 Å². The molecule has 1 saturated carbocycles. The van der Waals surface area contributed by atoms with E-state index in [9.17, 15) is 4.79 Å². The van der Waals surface area contributed by atoms with Crippen molar-refractivity contribution in [3.8, 4) is 5.69 Å². The number of hydrogen-bond donors (Lipinski definition) is 1. The van der Waals surface area contributed by atoms with Gasteiger partial charge < -0.3 is 10.2 Å². The normalized spacial score (nSPS) is 17.2. The van der Waals surface area contributed by atoms with Gasteiger partial charge in [0.15, 0.2) is 5.16 Å². The quantitative estimate of drug-likeness (QED) is 0.501. The van der Waals surface area contributed by atoms with Gasteiger partial charge in [-0.2, -0.15) is 0 Å². The Balaban J connectivity index is 1.26. The van der Waals surface area contributed by atoms with Crippen LogP contribution in [0.25, 0.3) is 5.69 Å². The van der Waals surface area contributed by atoms with Crippen molar-refractivity contribution in [1.82, 2.24) is 14.8 Å². The highest BCUT2D eigenvalue weighted by Gasteiger charge is 2.31. The van der Waals surface area contributed by atoms with E-state index in [1.165, 1.54) is 36.7 Å². The van der Waals surface area contributed by atoms with Crippen molar-refractivity contribution in [1.29, 1.82) is 0 Å². The lowest BCUT2D eigenvalue weighted by Crippen LogP contribution is -2.29. The van der Waals surface area contributed by atoms with Crippen LogP contribution in [0.3, 0.4) is 0 Å². The highest BCUT2D eigenvalue weighted by molar-refractivity contribution is 8.00. The van der Waals surface area contributed by atoms with Gasteiger partial charge in [0.2, 0.25) is 5.91 Å². The Hall–Kier alpha value is -2.80. The van der Waals surface area contributed by atoms with Crippen LogP contribution in [0.15, 0.2) is 59.8 Å². The Morgan fingerprint density at radius 3 is 2.38 bits per heavy atom. The lowest BCUT2D eigenvalue weighted by Gasteiger charge is -2.28. The van der Waals surface area contributed by atoms with Crippen molar-refractivity contribution in [3.63, 3.8) is 0 Å². The minimum absolute atomic E-state index is 0.0312. The number of nitrogens with zero attached hydrogens (tertiary/aromatic N) is 4. The molecule has 1 N–H and O–H groups in total. The van der Waals surface area contributed by atoms with E-state index in [0.717, 1.165) is 48.3 Å². The molecule has 0 bridgehead atoms. The molecular weight excluding hydrogens is 418 g/mol. The Bertz CT molecular complexity index is 1060. The lowest BCUT2D eigenvalue weighted by atomic mass is 10.1. The van der Waals surface area contributed by atoms with Crippen molar-refractivity contribution in [3.05, 3.63) is 60.4 Å². The molecular formula is C25H29N5OS. The maximum Gasteiger partial charge on any atom is 0.237 e. The van der Waals surface area contributed by atoms with Crippen molar-refractivity contribution in [2.45, 2.75) is 55.4 Å². The van der Waals surface area contributed by atoms with E-state index in [0.29, 0.717) is 5.92 Å². The Labute approximate surface area is 193 Å². The molecule has 3 aromatic rings. The molecule has 1 aliphatic carbocycles. The van der Waals surface area contributed by atoms with Gasteiger partial charge in [-0.25, -0.2) is 0 Å². The minimum Gasteiger partial charge on any atom is -0.372 e. The first-order chi connectivity index (χ1) is 15.7. The molecule has 0 radical (unpaired) electrons. The van der Waals surface area contributed by atoms with E-state index in [1.54, 1.807) is 0 Å². The smallest absolute Gasteiger partial charge is 0.237 e. The molecule has 1 unspecified atom stereocenters. The molecule has 2 aromatic carbocycles. The number of aromatic nitrogens is 3. The van der Waals surface area contributed by atoms with Gasteiger partial charge in [-0.3, -0.25) is 9.36 Å². The number of piperidine rings is 1. The molecule has 2 aliphatic rings. The molecule has 0 spiro atoms. The van der Waals surface area contributed by atoms with Gasteiger partial charge in [0.05, 0.1) is 5.25 Å². The van der Waals surface area contributed by atoms with E-state index in [4.69, 9.17) is 0 Å². The first kappa shape index (κ1) is 21.1. The maximum absolute atomic E-state index is 12.9. The zero-order chi connectivity index (χ0) is 21.9. The minimum atomic E-state index is -0.296. The van der Waals surface area contributed by atoms with Crippen LogP contribution in [0.5, 0.6) is 0 Å². The van der Waals surface area contributed by atoms with Crippen LogP contribution in [0.2, 0.25) is 0 Å². The number of nitrogens with one attached hydrogen (secondary N) is 1. The second kappa shape index (κ2) is 9.36. The second-order valence-corrected chi connectivity index (χ2v) is 9.94. The average Bonchev–Trinajstić information content (AvgIpc) is 3.60. The van der Waals surface area contributed by atoms with Crippen molar-refractivity contribution in [2.24, 2.45) is 0 Å². The van der Waals surface area contributed by atoms with Gasteiger partial charge in [-0.15, -0.1) is 10.2 Å². The number of benzene rings is 2. The molecule has 1 saturated heterocycles. The monoisotopic (exact) mass is 447 g/mol. The molecule has 1 aliphatic heterocycles. The average molecular weight is 448 g/mol. The molecule has 1 amide bonds. The first-order valence-corrected chi connectivity index (χ1v) is 12.4. The van der Waals surface area contributed by atoms with Crippen LogP contribution in [0.1, 0.15) is 50.8 Å². The summed E-state index contributed by atoms with van der Waals surface area (Å²) >= 11 is 1.45. The zero-order valence-electron chi connectivity index (χ0n) is 18.4. The number of amides is 1. The van der Waals surface area contributed by atoms with Gasteiger partial charge in [0.1, 0.15) is 5.82 Å². The molecule has 6 nitrogen and oxygen atoms in total. The molecule has 2 heterocycles. The standard InChI is InChI=1S/C25H29N5OS/c1-18(24(31)26-20-12-14-21(15-13-20)29-16-6-3-7-17-29)32-25-28-27-23(19-10-11-19)30(25)22-8-4-2-5-9-22/h2,4-5,8-9,12-15,18-19H,3,6-7,10-11,16-17H2,1H3,(H,26,31). The third-order valence-corrected chi connectivity index (χ3v) is 7.17. The number of carbonyl (C=O) groups excluding carboxylic acids is 1. The van der Waals surface area contributed by atoms with Crippen LogP contribution < -0.4 is 10.2 Å². The van der Waals surface area contributed by atoms with Gasteiger partial charge in [-0.1, -0.05) is 30.0 Å². The summed E-state index contributed by atoms with van der Waals surface area (Å²) in [4.78, 5) is 15.3. The van der Waals surface area contributed by atoms with Crippen LogP contribution >= 0.6 is 11.8 Å². The summed E-state index contributed by atoms with van der Waals surface area (Å²) in [7, 11) is 0. The first-order valence-electron chi connectivity index (χ1n) is 11.5. The molecule has 1 atom stereocenters. The van der Waals surface area contributed by atoms with Crippen LogP contribution in [0, 0.1) is 0 Å². The molecule has 7 heteroatoms. The zero-order valence-corrected chi connectivity index (χ0v) is 19.2. The summed E-state index contributed by atoms with van der Waals surface area (Å²) < 4.78 is 2.11. The highest BCUT2D eigenvalue weighted by atomic mass is 32.2. The molecule has 32 heavy (non-hydrogen) atoms. The molecule has 166 valence electrons. The summed E-state index contributed by atoms with van der Waals surface area (Å²) in [5.74, 6) is 1.44.